The molecule has 7 nitrogen and oxygen atoms in total. The second-order valence-electron chi connectivity index (χ2n) is 11.2. The number of carbonyl (C=O) groups excluding carboxylic acids is 2. The maximum absolute atomic E-state index is 13.5. The van der Waals surface area contributed by atoms with Gasteiger partial charge in [-0.15, -0.1) is 0 Å². The molecule has 180 valence electrons. The van der Waals surface area contributed by atoms with Gasteiger partial charge < -0.3 is 20.1 Å². The van der Waals surface area contributed by atoms with Crippen LogP contribution in [0.25, 0.3) is 11.4 Å². The van der Waals surface area contributed by atoms with Crippen LogP contribution in [0.5, 0.6) is 0 Å². The van der Waals surface area contributed by atoms with Crippen LogP contribution in [0, 0.1) is 5.41 Å². The number of amides is 2. The maximum atomic E-state index is 13.5. The van der Waals surface area contributed by atoms with Crippen LogP contribution >= 0.6 is 0 Å². The quantitative estimate of drug-likeness (QED) is 0.742. The molecule has 0 saturated carbocycles. The lowest BCUT2D eigenvalue weighted by Gasteiger charge is -2.29. The first-order chi connectivity index (χ1) is 15.3. The van der Waals surface area contributed by atoms with Crippen molar-refractivity contribution in [2.45, 2.75) is 72.5 Å². The zero-order chi connectivity index (χ0) is 24.6. The molecule has 0 unspecified atom stereocenters. The number of nitrogens with one attached hydrogen (secondary N) is 2. The first kappa shape index (κ1) is 25.0. The Morgan fingerprint density at radius 3 is 2.21 bits per heavy atom. The Kier molecular flexibility index (Phi) is 7.03. The average molecular weight is 454 g/mol. The Morgan fingerprint density at radius 2 is 1.67 bits per heavy atom. The van der Waals surface area contributed by atoms with Crippen LogP contribution in [-0.2, 0) is 23.3 Å². The molecular weight excluding hydrogens is 414 g/mol. The SMILES string of the molecule is CNC(=O)[C@@H](NC(=O)c1nc(-c2ccc(C(C)(C)C)cc2)n2c1CN(C)CCC2)C(C)(C)C. The third-order valence-corrected chi connectivity index (χ3v) is 6.29. The summed E-state index contributed by atoms with van der Waals surface area (Å²) in [4.78, 5) is 33.0. The molecule has 0 bridgehead atoms. The predicted molar refractivity (Wildman–Crippen MR) is 132 cm³/mol. The normalized spacial score (nSPS) is 16.0. The zero-order valence-electron chi connectivity index (χ0n) is 21.4. The van der Waals surface area contributed by atoms with Crippen LogP contribution in [0.2, 0.25) is 0 Å². The first-order valence-electron chi connectivity index (χ1n) is 11.7. The molecular formula is C26H39N5O2. The highest BCUT2D eigenvalue weighted by Gasteiger charge is 2.34. The summed E-state index contributed by atoms with van der Waals surface area (Å²) in [6.45, 7) is 14.8. The molecule has 2 N–H and O–H groups in total. The molecule has 0 radical (unpaired) electrons. The third-order valence-electron chi connectivity index (χ3n) is 6.29. The molecule has 2 amide bonds. The highest BCUT2D eigenvalue weighted by atomic mass is 16.2. The summed E-state index contributed by atoms with van der Waals surface area (Å²) in [6, 6.07) is 7.80. The molecule has 0 saturated heterocycles. The predicted octanol–water partition coefficient (Wildman–Crippen LogP) is 3.57. The van der Waals surface area contributed by atoms with Crippen molar-refractivity contribution in [3.05, 3.63) is 41.2 Å². The summed E-state index contributed by atoms with van der Waals surface area (Å²) in [5.74, 6) is 0.282. The van der Waals surface area contributed by atoms with Gasteiger partial charge in [-0.2, -0.15) is 0 Å². The molecule has 1 atom stereocenters. The Labute approximate surface area is 198 Å². The number of rotatable bonds is 4. The van der Waals surface area contributed by atoms with Crippen LogP contribution in [0.1, 0.15) is 69.7 Å². The second-order valence-corrected chi connectivity index (χ2v) is 11.2. The number of hydrogen-bond acceptors (Lipinski definition) is 4. The van der Waals surface area contributed by atoms with E-state index in [1.54, 1.807) is 7.05 Å². The van der Waals surface area contributed by atoms with Crippen molar-refractivity contribution in [3.8, 4) is 11.4 Å². The van der Waals surface area contributed by atoms with Crippen LogP contribution in [0.3, 0.4) is 0 Å². The standard InChI is InChI=1S/C26H39N5O2/c1-25(2,3)18-12-10-17(11-13-18)22-28-20(19-16-30(8)14-9-15-31(19)22)23(32)29-21(24(33)27-7)26(4,5)6/h10-13,21H,9,14-16H2,1-8H3,(H,27,33)(H,29,32)/t21-/m1/s1. The van der Waals surface area contributed by atoms with Gasteiger partial charge in [0, 0.05) is 25.7 Å². The lowest BCUT2D eigenvalue weighted by molar-refractivity contribution is -0.124. The number of benzene rings is 1. The molecule has 2 heterocycles. The van der Waals surface area contributed by atoms with E-state index in [1.165, 1.54) is 5.56 Å². The summed E-state index contributed by atoms with van der Waals surface area (Å²) in [7, 11) is 3.65. The van der Waals surface area contributed by atoms with Crippen molar-refractivity contribution in [2.24, 2.45) is 5.41 Å². The van der Waals surface area contributed by atoms with Crippen molar-refractivity contribution in [1.29, 1.82) is 0 Å². The minimum atomic E-state index is -0.662. The molecule has 1 aliphatic heterocycles. The molecule has 0 spiro atoms. The molecule has 0 fully saturated rings. The Bertz CT molecular complexity index is 1010. The van der Waals surface area contributed by atoms with Crippen molar-refractivity contribution in [1.82, 2.24) is 25.1 Å². The Morgan fingerprint density at radius 1 is 1.03 bits per heavy atom. The van der Waals surface area contributed by atoms with Crippen LogP contribution in [0.4, 0.5) is 0 Å². The largest absolute Gasteiger partial charge is 0.357 e. The molecule has 3 rings (SSSR count). The highest BCUT2D eigenvalue weighted by molar-refractivity contribution is 5.97. The van der Waals surface area contributed by atoms with Gasteiger partial charge in [0.15, 0.2) is 5.69 Å². The van der Waals surface area contributed by atoms with Crippen molar-refractivity contribution in [3.63, 3.8) is 0 Å². The van der Waals surface area contributed by atoms with E-state index in [0.29, 0.717) is 12.2 Å². The van der Waals surface area contributed by atoms with E-state index in [9.17, 15) is 9.59 Å². The summed E-state index contributed by atoms with van der Waals surface area (Å²) in [5.41, 5.74) is 3.17. The van der Waals surface area contributed by atoms with E-state index >= 15 is 0 Å². The third kappa shape index (κ3) is 5.46. The number of fused-ring (bicyclic) bond motifs is 1. The van der Waals surface area contributed by atoms with Gasteiger partial charge in [-0.3, -0.25) is 9.59 Å². The summed E-state index contributed by atoms with van der Waals surface area (Å²) < 4.78 is 2.18. The van der Waals surface area contributed by atoms with Gasteiger partial charge in [0.05, 0.1) is 5.69 Å². The van der Waals surface area contributed by atoms with Gasteiger partial charge in [0.25, 0.3) is 5.91 Å². The van der Waals surface area contributed by atoms with Crippen molar-refractivity contribution in [2.75, 3.05) is 20.6 Å². The van der Waals surface area contributed by atoms with Gasteiger partial charge in [0.1, 0.15) is 11.9 Å². The fourth-order valence-electron chi connectivity index (χ4n) is 4.26. The van der Waals surface area contributed by atoms with Crippen molar-refractivity contribution < 1.29 is 9.59 Å². The topological polar surface area (TPSA) is 79.3 Å². The lowest BCUT2D eigenvalue weighted by Crippen LogP contribution is -2.53. The molecule has 0 aliphatic carbocycles. The van der Waals surface area contributed by atoms with Gasteiger partial charge in [-0.1, -0.05) is 65.8 Å². The maximum Gasteiger partial charge on any atom is 0.272 e. The number of imidazole rings is 1. The van der Waals surface area contributed by atoms with E-state index < -0.39 is 11.5 Å². The Balaban J connectivity index is 2.05. The summed E-state index contributed by atoms with van der Waals surface area (Å²) in [6.07, 6.45) is 0.983. The second kappa shape index (κ2) is 9.29. The van der Waals surface area contributed by atoms with E-state index in [-0.39, 0.29) is 17.2 Å². The number of likely N-dealkylation sites (N-methyl/N-ethyl adjacent to an activating group) is 1. The molecule has 2 aromatic rings. The van der Waals surface area contributed by atoms with Crippen molar-refractivity contribution >= 4 is 11.8 Å². The van der Waals surface area contributed by atoms with E-state index in [1.807, 2.05) is 20.8 Å². The van der Waals surface area contributed by atoms with Crippen LogP contribution in [-0.4, -0.2) is 52.9 Å². The smallest absolute Gasteiger partial charge is 0.272 e. The monoisotopic (exact) mass is 453 g/mol. The van der Waals surface area contributed by atoms with Gasteiger partial charge in [0.2, 0.25) is 5.91 Å². The van der Waals surface area contributed by atoms with Gasteiger partial charge in [-0.25, -0.2) is 4.98 Å². The number of aromatic nitrogens is 2. The minimum Gasteiger partial charge on any atom is -0.357 e. The van der Waals surface area contributed by atoms with Crippen LogP contribution < -0.4 is 10.6 Å². The van der Waals surface area contributed by atoms with Crippen LogP contribution in [0.15, 0.2) is 24.3 Å². The lowest BCUT2D eigenvalue weighted by atomic mass is 9.86. The summed E-state index contributed by atoms with van der Waals surface area (Å²) >= 11 is 0. The van der Waals surface area contributed by atoms with E-state index in [2.05, 4.69) is 72.2 Å². The number of carbonyl (C=O) groups is 2. The molecule has 1 aliphatic rings. The molecule has 1 aromatic carbocycles. The van der Waals surface area contributed by atoms with E-state index in [0.717, 1.165) is 36.6 Å². The summed E-state index contributed by atoms with van der Waals surface area (Å²) in [5, 5.41) is 5.63. The van der Waals surface area contributed by atoms with Gasteiger partial charge in [-0.05, 0) is 36.4 Å². The van der Waals surface area contributed by atoms with Gasteiger partial charge >= 0.3 is 0 Å². The zero-order valence-corrected chi connectivity index (χ0v) is 21.4. The van der Waals surface area contributed by atoms with E-state index in [4.69, 9.17) is 4.98 Å². The number of nitrogens with zero attached hydrogens (tertiary/aromatic N) is 3. The molecule has 7 heteroatoms. The average Bonchev–Trinajstić information content (AvgIpc) is 2.96. The highest BCUT2D eigenvalue weighted by Crippen LogP contribution is 2.29. The Hall–Kier alpha value is -2.67. The fraction of sp³-hybridized carbons (Fsp3) is 0.577. The fourth-order valence-corrected chi connectivity index (χ4v) is 4.26. The molecule has 33 heavy (non-hydrogen) atoms. The minimum absolute atomic E-state index is 0.0671. The molecule has 1 aromatic heterocycles. The number of hydrogen-bond donors (Lipinski definition) is 2. The first-order valence-corrected chi connectivity index (χ1v) is 11.7.